The van der Waals surface area contributed by atoms with E-state index in [-0.39, 0.29) is 18.9 Å². The van der Waals surface area contributed by atoms with Crippen molar-refractivity contribution in [1.29, 1.82) is 0 Å². The van der Waals surface area contributed by atoms with Crippen molar-refractivity contribution in [3.63, 3.8) is 0 Å². The average Bonchev–Trinajstić information content (AvgIpc) is 3.25. The molecule has 1 amide bonds. The van der Waals surface area contributed by atoms with E-state index in [9.17, 15) is 9.59 Å². The molecule has 23 heavy (non-hydrogen) atoms. The van der Waals surface area contributed by atoms with E-state index in [1.165, 1.54) is 16.3 Å². The molecule has 5 nitrogen and oxygen atoms in total. The topological polar surface area (TPSA) is 59.0 Å². The minimum atomic E-state index is -0.396. The Kier molecular flexibility index (Phi) is 4.83. The molecule has 0 spiro atoms. The molecule has 1 aromatic carbocycles. The number of nitrogens with zero attached hydrogens (tertiary/aromatic N) is 2. The van der Waals surface area contributed by atoms with Gasteiger partial charge in [-0.1, -0.05) is 36.4 Å². The molecule has 0 bridgehead atoms. The fourth-order valence-corrected chi connectivity index (χ4v) is 2.98. The van der Waals surface area contributed by atoms with Crippen LogP contribution in [0, 0.1) is 0 Å². The first kappa shape index (κ1) is 15.4. The highest BCUT2D eigenvalue weighted by molar-refractivity contribution is 7.10. The van der Waals surface area contributed by atoms with Gasteiger partial charge in [-0.2, -0.15) is 5.10 Å². The molecule has 0 saturated carbocycles. The fourth-order valence-electron chi connectivity index (χ4n) is 2.29. The molecule has 0 saturated heterocycles. The van der Waals surface area contributed by atoms with Crippen LogP contribution in [-0.2, 0) is 20.7 Å². The van der Waals surface area contributed by atoms with Crippen molar-refractivity contribution in [2.24, 2.45) is 5.10 Å². The standard InChI is InChI=1S/C17H16N2O3S/c20-16(12-22-17(21)11-14-7-4-10-23-14)19-9-8-15(18-19)13-5-2-1-3-6-13/h1-7,10H,8-9,11-12H2. The van der Waals surface area contributed by atoms with Crippen LogP contribution in [0.2, 0.25) is 0 Å². The average molecular weight is 328 g/mol. The van der Waals surface area contributed by atoms with E-state index in [1.54, 1.807) is 0 Å². The number of ether oxygens (including phenoxy) is 1. The predicted octanol–water partition coefficient (Wildman–Crippen LogP) is 2.47. The van der Waals surface area contributed by atoms with Crippen molar-refractivity contribution in [3.05, 3.63) is 58.3 Å². The first-order chi connectivity index (χ1) is 11.2. The lowest BCUT2D eigenvalue weighted by molar-refractivity contribution is -0.151. The molecule has 1 aliphatic heterocycles. The number of carbonyl (C=O) groups excluding carboxylic acids is 2. The maximum absolute atomic E-state index is 12.1. The van der Waals surface area contributed by atoms with E-state index < -0.39 is 5.97 Å². The third-order valence-electron chi connectivity index (χ3n) is 3.45. The van der Waals surface area contributed by atoms with Crippen LogP contribution in [-0.4, -0.2) is 35.7 Å². The Balaban J connectivity index is 1.51. The first-order valence-electron chi connectivity index (χ1n) is 7.33. The number of carbonyl (C=O) groups is 2. The molecule has 2 heterocycles. The number of hydrogen-bond donors (Lipinski definition) is 0. The number of rotatable bonds is 5. The number of esters is 1. The molecule has 1 aromatic heterocycles. The van der Waals surface area contributed by atoms with Crippen molar-refractivity contribution < 1.29 is 14.3 Å². The predicted molar refractivity (Wildman–Crippen MR) is 88.3 cm³/mol. The van der Waals surface area contributed by atoms with Gasteiger partial charge in [0.2, 0.25) is 0 Å². The SMILES string of the molecule is O=C(Cc1cccs1)OCC(=O)N1CCC(c2ccccc2)=N1. The van der Waals surface area contributed by atoms with Crippen molar-refractivity contribution in [1.82, 2.24) is 5.01 Å². The van der Waals surface area contributed by atoms with Gasteiger partial charge in [0.1, 0.15) is 0 Å². The van der Waals surface area contributed by atoms with E-state index in [2.05, 4.69) is 5.10 Å². The summed E-state index contributed by atoms with van der Waals surface area (Å²) in [6, 6.07) is 13.5. The van der Waals surface area contributed by atoms with Gasteiger partial charge in [0, 0.05) is 11.3 Å². The van der Waals surface area contributed by atoms with Crippen LogP contribution in [0.4, 0.5) is 0 Å². The second-order valence-corrected chi connectivity index (χ2v) is 6.13. The van der Waals surface area contributed by atoms with Gasteiger partial charge in [-0.05, 0) is 17.0 Å². The molecule has 0 aliphatic carbocycles. The third kappa shape index (κ3) is 4.04. The van der Waals surface area contributed by atoms with Crippen LogP contribution in [0.5, 0.6) is 0 Å². The summed E-state index contributed by atoms with van der Waals surface area (Å²) in [5.74, 6) is -0.692. The lowest BCUT2D eigenvalue weighted by atomic mass is 10.1. The molecule has 2 aromatic rings. The summed E-state index contributed by atoms with van der Waals surface area (Å²) in [6.45, 7) is 0.251. The molecule has 118 valence electrons. The van der Waals surface area contributed by atoms with Gasteiger partial charge < -0.3 is 4.74 Å². The molecule has 0 N–H and O–H groups in total. The third-order valence-corrected chi connectivity index (χ3v) is 4.33. The summed E-state index contributed by atoms with van der Waals surface area (Å²) >= 11 is 1.49. The van der Waals surface area contributed by atoms with Crippen LogP contribution in [0.1, 0.15) is 16.9 Å². The zero-order chi connectivity index (χ0) is 16.1. The van der Waals surface area contributed by atoms with E-state index in [4.69, 9.17) is 4.74 Å². The van der Waals surface area contributed by atoms with Gasteiger partial charge in [0.05, 0.1) is 18.7 Å². The number of amides is 1. The largest absolute Gasteiger partial charge is 0.455 e. The van der Waals surface area contributed by atoms with Crippen LogP contribution in [0.25, 0.3) is 0 Å². The highest BCUT2D eigenvalue weighted by atomic mass is 32.1. The smallest absolute Gasteiger partial charge is 0.311 e. The van der Waals surface area contributed by atoms with Crippen molar-refractivity contribution in [3.8, 4) is 0 Å². The Labute approximate surface area is 138 Å². The molecule has 1 aliphatic rings. The zero-order valence-electron chi connectivity index (χ0n) is 12.5. The number of thiophene rings is 1. The van der Waals surface area contributed by atoms with E-state index in [0.29, 0.717) is 13.0 Å². The molecule has 3 rings (SSSR count). The zero-order valence-corrected chi connectivity index (χ0v) is 13.3. The summed E-state index contributed by atoms with van der Waals surface area (Å²) in [6.07, 6.45) is 0.905. The first-order valence-corrected chi connectivity index (χ1v) is 8.21. The van der Waals surface area contributed by atoms with Crippen molar-refractivity contribution >= 4 is 28.9 Å². The van der Waals surface area contributed by atoms with Gasteiger partial charge in [-0.3, -0.25) is 9.59 Å². The van der Waals surface area contributed by atoms with E-state index >= 15 is 0 Å². The number of hydrazone groups is 1. The molecule has 0 fully saturated rings. The number of hydrogen-bond acceptors (Lipinski definition) is 5. The Hall–Kier alpha value is -2.47. The summed E-state index contributed by atoms with van der Waals surface area (Å²) in [5.41, 5.74) is 1.89. The van der Waals surface area contributed by atoms with Gasteiger partial charge in [-0.15, -0.1) is 11.3 Å². The second-order valence-electron chi connectivity index (χ2n) is 5.10. The van der Waals surface area contributed by atoms with Crippen LogP contribution < -0.4 is 0 Å². The van der Waals surface area contributed by atoms with Gasteiger partial charge in [0.15, 0.2) is 6.61 Å². The molecular weight excluding hydrogens is 312 g/mol. The lowest BCUT2D eigenvalue weighted by Crippen LogP contribution is -2.29. The summed E-state index contributed by atoms with van der Waals surface area (Å²) in [4.78, 5) is 24.7. The van der Waals surface area contributed by atoms with Crippen LogP contribution >= 0.6 is 11.3 Å². The summed E-state index contributed by atoms with van der Waals surface area (Å²) < 4.78 is 5.04. The quantitative estimate of drug-likeness (QED) is 0.792. The maximum atomic E-state index is 12.1. The summed E-state index contributed by atoms with van der Waals surface area (Å²) in [7, 11) is 0. The fraction of sp³-hybridized carbons (Fsp3) is 0.235. The maximum Gasteiger partial charge on any atom is 0.311 e. The number of benzene rings is 1. The van der Waals surface area contributed by atoms with Crippen LogP contribution in [0.15, 0.2) is 52.9 Å². The Morgan fingerprint density at radius 2 is 2.00 bits per heavy atom. The van der Waals surface area contributed by atoms with Gasteiger partial charge in [-0.25, -0.2) is 5.01 Å². The lowest BCUT2D eigenvalue weighted by Gasteiger charge is -2.11. The molecule has 0 atom stereocenters. The summed E-state index contributed by atoms with van der Waals surface area (Å²) in [5, 5.41) is 7.60. The molecule has 0 unspecified atom stereocenters. The van der Waals surface area contributed by atoms with E-state index in [0.717, 1.165) is 16.2 Å². The molecular formula is C17H16N2O3S. The monoisotopic (exact) mass is 328 g/mol. The van der Waals surface area contributed by atoms with Crippen LogP contribution in [0.3, 0.4) is 0 Å². The second kappa shape index (κ2) is 7.19. The molecule has 6 heteroatoms. The van der Waals surface area contributed by atoms with E-state index in [1.807, 2.05) is 47.8 Å². The van der Waals surface area contributed by atoms with Crippen molar-refractivity contribution in [2.75, 3.05) is 13.2 Å². The highest BCUT2D eigenvalue weighted by Crippen LogP contribution is 2.14. The van der Waals surface area contributed by atoms with Gasteiger partial charge in [0.25, 0.3) is 5.91 Å². The Morgan fingerprint density at radius 3 is 2.74 bits per heavy atom. The Morgan fingerprint density at radius 1 is 1.17 bits per heavy atom. The Bertz CT molecular complexity index is 711. The molecule has 0 radical (unpaired) electrons. The van der Waals surface area contributed by atoms with Crippen molar-refractivity contribution in [2.45, 2.75) is 12.8 Å². The normalized spacial score (nSPS) is 13.7. The minimum Gasteiger partial charge on any atom is -0.455 e. The minimum absolute atomic E-state index is 0.198. The van der Waals surface area contributed by atoms with Gasteiger partial charge >= 0.3 is 5.97 Å². The highest BCUT2D eigenvalue weighted by Gasteiger charge is 2.22.